The van der Waals surface area contributed by atoms with E-state index in [0.717, 1.165) is 0 Å². The summed E-state index contributed by atoms with van der Waals surface area (Å²) in [5.74, 6) is 1.28. The summed E-state index contributed by atoms with van der Waals surface area (Å²) in [5, 5.41) is 9.55. The van der Waals surface area contributed by atoms with Crippen LogP contribution in [0.5, 0.6) is 11.6 Å². The first kappa shape index (κ1) is 15.6. The number of benzene rings is 1. The van der Waals surface area contributed by atoms with Gasteiger partial charge in [-0.15, -0.1) is 0 Å². The number of furan rings is 1. The molecule has 0 aliphatic rings. The lowest BCUT2D eigenvalue weighted by Gasteiger charge is -2.08. The van der Waals surface area contributed by atoms with Gasteiger partial charge in [0, 0.05) is 24.0 Å². The van der Waals surface area contributed by atoms with Crippen LogP contribution in [0.4, 0.5) is 5.69 Å². The quantitative estimate of drug-likeness (QED) is 0.567. The topological polar surface area (TPSA) is 93.0 Å². The summed E-state index contributed by atoms with van der Waals surface area (Å²) in [7, 11) is 0. The van der Waals surface area contributed by atoms with Crippen molar-refractivity contribution in [2.24, 2.45) is 0 Å². The van der Waals surface area contributed by atoms with Gasteiger partial charge in [0.15, 0.2) is 5.76 Å². The first-order valence-corrected chi connectivity index (χ1v) is 7.87. The number of amides is 1. The summed E-state index contributed by atoms with van der Waals surface area (Å²) < 4.78 is 11.0. The van der Waals surface area contributed by atoms with Crippen molar-refractivity contribution in [3.8, 4) is 23.1 Å². The van der Waals surface area contributed by atoms with Crippen molar-refractivity contribution >= 4 is 11.6 Å². The van der Waals surface area contributed by atoms with Crippen molar-refractivity contribution in [3.05, 3.63) is 78.8 Å². The van der Waals surface area contributed by atoms with Gasteiger partial charge in [-0.2, -0.15) is 5.10 Å². The molecule has 1 aromatic carbocycles. The van der Waals surface area contributed by atoms with E-state index in [2.05, 4.69) is 20.5 Å². The van der Waals surface area contributed by atoms with Crippen LogP contribution < -0.4 is 10.1 Å². The number of hydrogen-bond acceptors (Lipinski definition) is 5. The van der Waals surface area contributed by atoms with Crippen LogP contribution in [-0.4, -0.2) is 21.1 Å². The third-order valence-corrected chi connectivity index (χ3v) is 3.60. The van der Waals surface area contributed by atoms with E-state index in [0.29, 0.717) is 34.3 Å². The molecule has 1 amide bonds. The van der Waals surface area contributed by atoms with Gasteiger partial charge in [-0.25, -0.2) is 4.98 Å². The second-order valence-electron chi connectivity index (χ2n) is 5.39. The number of carbonyl (C=O) groups is 1. The molecule has 4 aromatic rings. The number of H-pyrrole nitrogens is 1. The number of ether oxygens (including phenoxy) is 1. The van der Waals surface area contributed by atoms with Crippen molar-refractivity contribution < 1.29 is 13.9 Å². The van der Waals surface area contributed by atoms with Crippen molar-refractivity contribution in [3.63, 3.8) is 0 Å². The largest absolute Gasteiger partial charge is 0.463 e. The maximum absolute atomic E-state index is 12.6. The van der Waals surface area contributed by atoms with Gasteiger partial charge in [-0.3, -0.25) is 9.89 Å². The number of anilines is 1. The lowest BCUT2D eigenvalue weighted by Crippen LogP contribution is -2.12. The Labute approximate surface area is 148 Å². The van der Waals surface area contributed by atoms with E-state index in [1.165, 1.54) is 12.5 Å². The first-order valence-electron chi connectivity index (χ1n) is 7.87. The van der Waals surface area contributed by atoms with Gasteiger partial charge in [-0.1, -0.05) is 12.1 Å². The Bertz CT molecular complexity index is 1010. The maximum Gasteiger partial charge on any atom is 0.259 e. The SMILES string of the molecule is O=C(Nc1cccc(Oc2ccccn2)c1)c1cn[nH]c1-c1ccco1. The number of aromatic amines is 1. The second kappa shape index (κ2) is 6.94. The molecule has 0 spiro atoms. The zero-order valence-electron chi connectivity index (χ0n) is 13.5. The van der Waals surface area contributed by atoms with Crippen LogP contribution >= 0.6 is 0 Å². The standard InChI is InChI=1S/C19H14N4O3/c24-19(15-12-21-23-18(15)16-7-4-10-25-16)22-13-5-3-6-14(11-13)26-17-8-1-2-9-20-17/h1-12H,(H,21,23)(H,22,24). The molecule has 3 aromatic heterocycles. The van der Waals surface area contributed by atoms with E-state index in [1.807, 2.05) is 12.1 Å². The molecule has 7 nitrogen and oxygen atoms in total. The number of rotatable bonds is 5. The molecule has 0 unspecified atom stereocenters. The maximum atomic E-state index is 12.6. The third-order valence-electron chi connectivity index (χ3n) is 3.60. The molecule has 0 atom stereocenters. The van der Waals surface area contributed by atoms with E-state index >= 15 is 0 Å². The first-order chi connectivity index (χ1) is 12.8. The van der Waals surface area contributed by atoms with Gasteiger partial charge >= 0.3 is 0 Å². The Morgan fingerprint density at radius 2 is 2.08 bits per heavy atom. The summed E-state index contributed by atoms with van der Waals surface area (Å²) in [6, 6.07) is 16.0. The minimum Gasteiger partial charge on any atom is -0.463 e. The van der Waals surface area contributed by atoms with E-state index in [4.69, 9.17) is 9.15 Å². The van der Waals surface area contributed by atoms with Gasteiger partial charge in [0.25, 0.3) is 5.91 Å². The number of hydrogen-bond donors (Lipinski definition) is 2. The zero-order chi connectivity index (χ0) is 17.8. The highest BCUT2D eigenvalue weighted by Crippen LogP contribution is 2.25. The predicted octanol–water partition coefficient (Wildman–Crippen LogP) is 4.11. The lowest BCUT2D eigenvalue weighted by molar-refractivity contribution is 0.102. The zero-order valence-corrected chi connectivity index (χ0v) is 13.5. The van der Waals surface area contributed by atoms with Crippen LogP contribution in [0.2, 0.25) is 0 Å². The minimum atomic E-state index is -0.305. The molecule has 3 heterocycles. The molecule has 0 saturated heterocycles. The van der Waals surface area contributed by atoms with E-state index < -0.39 is 0 Å². The van der Waals surface area contributed by atoms with Gasteiger partial charge in [0.1, 0.15) is 11.4 Å². The average molecular weight is 346 g/mol. The molecule has 0 aliphatic heterocycles. The normalized spacial score (nSPS) is 10.5. The van der Waals surface area contributed by atoms with Crippen LogP contribution in [0, 0.1) is 0 Å². The van der Waals surface area contributed by atoms with Gasteiger partial charge in [0.05, 0.1) is 18.0 Å². The van der Waals surface area contributed by atoms with Crippen LogP contribution in [0.3, 0.4) is 0 Å². The smallest absolute Gasteiger partial charge is 0.259 e. The third kappa shape index (κ3) is 3.32. The number of carbonyl (C=O) groups excluding carboxylic acids is 1. The van der Waals surface area contributed by atoms with E-state index in [-0.39, 0.29) is 5.91 Å². The fourth-order valence-corrected chi connectivity index (χ4v) is 2.43. The Morgan fingerprint density at radius 1 is 1.12 bits per heavy atom. The summed E-state index contributed by atoms with van der Waals surface area (Å²) in [6.45, 7) is 0. The highest BCUT2D eigenvalue weighted by atomic mass is 16.5. The van der Waals surface area contributed by atoms with Gasteiger partial charge < -0.3 is 14.5 Å². The Morgan fingerprint density at radius 3 is 2.88 bits per heavy atom. The molecule has 0 radical (unpaired) electrons. The van der Waals surface area contributed by atoms with Crippen molar-refractivity contribution in [1.29, 1.82) is 0 Å². The summed E-state index contributed by atoms with van der Waals surface area (Å²) in [5.41, 5.74) is 1.50. The van der Waals surface area contributed by atoms with Crippen molar-refractivity contribution in [2.45, 2.75) is 0 Å². The fourth-order valence-electron chi connectivity index (χ4n) is 2.43. The number of nitrogens with one attached hydrogen (secondary N) is 2. The molecule has 2 N–H and O–H groups in total. The molecule has 7 heteroatoms. The Kier molecular flexibility index (Phi) is 4.17. The molecular formula is C19H14N4O3. The Hall–Kier alpha value is -3.87. The summed E-state index contributed by atoms with van der Waals surface area (Å²) >= 11 is 0. The van der Waals surface area contributed by atoms with Crippen LogP contribution in [-0.2, 0) is 0 Å². The minimum absolute atomic E-state index is 0.305. The second-order valence-corrected chi connectivity index (χ2v) is 5.39. The molecule has 0 saturated carbocycles. The van der Waals surface area contributed by atoms with E-state index in [9.17, 15) is 4.79 Å². The van der Waals surface area contributed by atoms with Crippen molar-refractivity contribution in [1.82, 2.24) is 15.2 Å². The van der Waals surface area contributed by atoms with Crippen molar-refractivity contribution in [2.75, 3.05) is 5.32 Å². The summed E-state index contributed by atoms with van der Waals surface area (Å²) in [4.78, 5) is 16.7. The molecule has 4 rings (SSSR count). The Balaban J connectivity index is 1.52. The van der Waals surface area contributed by atoms with Crippen LogP contribution in [0.1, 0.15) is 10.4 Å². The fraction of sp³-hybridized carbons (Fsp3) is 0. The van der Waals surface area contributed by atoms with E-state index in [1.54, 1.807) is 48.7 Å². The summed E-state index contributed by atoms with van der Waals surface area (Å²) in [6.07, 6.45) is 4.65. The van der Waals surface area contributed by atoms with Gasteiger partial charge in [-0.05, 0) is 30.3 Å². The molecule has 0 bridgehead atoms. The molecule has 0 aliphatic carbocycles. The highest BCUT2D eigenvalue weighted by molar-refractivity contribution is 6.07. The van der Waals surface area contributed by atoms with Crippen LogP contribution in [0.15, 0.2) is 77.7 Å². The molecule has 128 valence electrons. The predicted molar refractivity (Wildman–Crippen MR) is 95.0 cm³/mol. The number of nitrogens with zero attached hydrogens (tertiary/aromatic N) is 2. The van der Waals surface area contributed by atoms with Gasteiger partial charge in [0.2, 0.25) is 5.88 Å². The average Bonchev–Trinajstić information content (AvgIpc) is 3.34. The number of pyridine rings is 1. The molecule has 0 fully saturated rings. The highest BCUT2D eigenvalue weighted by Gasteiger charge is 2.17. The molecular weight excluding hydrogens is 332 g/mol. The monoisotopic (exact) mass is 346 g/mol. The molecule has 26 heavy (non-hydrogen) atoms. The number of aromatic nitrogens is 3. The van der Waals surface area contributed by atoms with Crippen LogP contribution in [0.25, 0.3) is 11.5 Å². The lowest BCUT2D eigenvalue weighted by atomic mass is 10.2.